The molecule has 0 atom stereocenters. The van der Waals surface area contributed by atoms with Crippen LogP contribution in [0.25, 0.3) is 0 Å². The van der Waals surface area contributed by atoms with Crippen LogP contribution in [-0.2, 0) is 16.0 Å². The Labute approximate surface area is 145 Å². The summed E-state index contributed by atoms with van der Waals surface area (Å²) in [5.41, 5.74) is 1.33. The number of benzene rings is 2. The summed E-state index contributed by atoms with van der Waals surface area (Å²) in [5.74, 6) is -0.651. The predicted octanol–water partition coefficient (Wildman–Crippen LogP) is 3.37. The fourth-order valence-electron chi connectivity index (χ4n) is 2.18. The molecule has 2 aromatic carbocycles. The van der Waals surface area contributed by atoms with Crippen LogP contribution in [0.1, 0.15) is 19.4 Å². The number of hydrogen-bond acceptors (Lipinski definition) is 4. The van der Waals surface area contributed by atoms with Gasteiger partial charge >= 0.3 is 0 Å². The number of nitrogens with one attached hydrogen (secondary N) is 2. The summed E-state index contributed by atoms with van der Waals surface area (Å²) < 4.78 is 0. The Bertz CT molecular complexity index is 802. The molecule has 0 spiro atoms. The molecule has 0 bridgehead atoms. The molecule has 0 aliphatic carbocycles. The zero-order valence-electron chi connectivity index (χ0n) is 14.0. The first-order chi connectivity index (χ1) is 11.9. The van der Waals surface area contributed by atoms with Gasteiger partial charge in [-0.3, -0.25) is 19.7 Å². The summed E-state index contributed by atoms with van der Waals surface area (Å²) in [4.78, 5) is 34.4. The van der Waals surface area contributed by atoms with Crippen LogP contribution in [0.2, 0.25) is 0 Å². The van der Waals surface area contributed by atoms with Gasteiger partial charge in [-0.25, -0.2) is 0 Å². The van der Waals surface area contributed by atoms with Crippen molar-refractivity contribution in [3.63, 3.8) is 0 Å². The minimum Gasteiger partial charge on any atom is -0.326 e. The Kier molecular flexibility index (Phi) is 5.84. The van der Waals surface area contributed by atoms with Crippen molar-refractivity contribution in [3.05, 3.63) is 64.2 Å². The van der Waals surface area contributed by atoms with Crippen molar-refractivity contribution in [1.29, 1.82) is 0 Å². The van der Waals surface area contributed by atoms with E-state index in [0.29, 0.717) is 16.9 Å². The normalized spacial score (nSPS) is 10.4. The lowest BCUT2D eigenvalue weighted by Gasteiger charge is -2.10. The van der Waals surface area contributed by atoms with E-state index in [-0.39, 0.29) is 29.8 Å². The van der Waals surface area contributed by atoms with Crippen molar-refractivity contribution >= 4 is 28.9 Å². The molecule has 25 heavy (non-hydrogen) atoms. The smallest absolute Gasteiger partial charge is 0.273 e. The summed E-state index contributed by atoms with van der Waals surface area (Å²) in [6, 6.07) is 12.9. The number of nitrogens with zero attached hydrogens (tertiary/aromatic N) is 1. The van der Waals surface area contributed by atoms with Gasteiger partial charge in [-0.1, -0.05) is 38.1 Å². The topological polar surface area (TPSA) is 101 Å². The number of amides is 2. The monoisotopic (exact) mass is 341 g/mol. The average Bonchev–Trinajstić information content (AvgIpc) is 2.55. The number of rotatable bonds is 6. The summed E-state index contributed by atoms with van der Waals surface area (Å²) in [7, 11) is 0. The lowest BCUT2D eigenvalue weighted by atomic mass is 10.1. The largest absolute Gasteiger partial charge is 0.326 e. The first-order valence-corrected chi connectivity index (χ1v) is 7.80. The van der Waals surface area contributed by atoms with Crippen molar-refractivity contribution in [3.8, 4) is 0 Å². The summed E-state index contributed by atoms with van der Waals surface area (Å²) in [6.45, 7) is 3.57. The molecule has 2 amide bonds. The Balaban J connectivity index is 2.06. The van der Waals surface area contributed by atoms with Crippen LogP contribution in [0.15, 0.2) is 48.5 Å². The highest BCUT2D eigenvalue weighted by Crippen LogP contribution is 2.20. The highest BCUT2D eigenvalue weighted by Gasteiger charge is 2.15. The third-order valence-electron chi connectivity index (χ3n) is 3.48. The van der Waals surface area contributed by atoms with Gasteiger partial charge in [-0.2, -0.15) is 0 Å². The maximum Gasteiger partial charge on any atom is 0.273 e. The van der Waals surface area contributed by atoms with Crippen LogP contribution in [0.3, 0.4) is 0 Å². The van der Waals surface area contributed by atoms with Gasteiger partial charge in [0.15, 0.2) is 0 Å². The fourth-order valence-corrected chi connectivity index (χ4v) is 2.18. The van der Waals surface area contributed by atoms with Crippen molar-refractivity contribution < 1.29 is 14.5 Å². The van der Waals surface area contributed by atoms with Crippen molar-refractivity contribution in [1.82, 2.24) is 0 Å². The number of anilines is 2. The van der Waals surface area contributed by atoms with Gasteiger partial charge in [-0.15, -0.1) is 0 Å². The number of nitro benzene ring substituents is 1. The molecular weight excluding hydrogens is 322 g/mol. The van der Waals surface area contributed by atoms with Gasteiger partial charge in [0.2, 0.25) is 11.8 Å². The Morgan fingerprint density at radius 3 is 2.32 bits per heavy atom. The van der Waals surface area contributed by atoms with E-state index in [1.165, 1.54) is 6.07 Å². The van der Waals surface area contributed by atoms with E-state index in [0.717, 1.165) is 0 Å². The molecule has 0 fully saturated rings. The molecule has 7 heteroatoms. The van der Waals surface area contributed by atoms with Gasteiger partial charge in [-0.05, 0) is 18.2 Å². The van der Waals surface area contributed by atoms with Gasteiger partial charge in [0.05, 0.1) is 11.3 Å². The fraction of sp³-hybridized carbons (Fsp3) is 0.222. The highest BCUT2D eigenvalue weighted by molar-refractivity contribution is 5.95. The third-order valence-corrected chi connectivity index (χ3v) is 3.48. The molecule has 0 heterocycles. The first kappa shape index (κ1) is 18.1. The van der Waals surface area contributed by atoms with E-state index < -0.39 is 4.92 Å². The van der Waals surface area contributed by atoms with E-state index in [1.807, 2.05) is 0 Å². The van der Waals surface area contributed by atoms with Crippen LogP contribution in [0.4, 0.5) is 17.1 Å². The Morgan fingerprint density at radius 2 is 1.68 bits per heavy atom. The average molecular weight is 341 g/mol. The van der Waals surface area contributed by atoms with Gasteiger partial charge in [0, 0.05) is 28.9 Å². The molecule has 7 nitrogen and oxygen atoms in total. The molecule has 0 unspecified atom stereocenters. The minimum absolute atomic E-state index is 0.0874. The molecule has 2 N–H and O–H groups in total. The molecule has 0 saturated heterocycles. The van der Waals surface area contributed by atoms with Crippen LogP contribution in [0.5, 0.6) is 0 Å². The molecule has 2 aromatic rings. The molecule has 0 aliphatic rings. The maximum atomic E-state index is 12.2. The van der Waals surface area contributed by atoms with Crippen LogP contribution in [0, 0.1) is 16.0 Å². The van der Waals surface area contributed by atoms with E-state index in [4.69, 9.17) is 0 Å². The second-order valence-electron chi connectivity index (χ2n) is 5.84. The molecule has 0 aromatic heterocycles. The van der Waals surface area contributed by atoms with Gasteiger partial charge < -0.3 is 10.6 Å². The standard InChI is InChI=1S/C18H19N3O4/c1-12(2)18(23)20-15-8-5-7-14(11-15)19-17(22)10-13-6-3-4-9-16(13)21(24)25/h3-9,11-12H,10H2,1-2H3,(H,19,22)(H,20,23). The Morgan fingerprint density at radius 1 is 1.04 bits per heavy atom. The van der Waals surface area contributed by atoms with Crippen molar-refractivity contribution in [2.75, 3.05) is 10.6 Å². The SMILES string of the molecule is CC(C)C(=O)Nc1cccc(NC(=O)Cc2ccccc2[N+](=O)[O-])c1. The minimum atomic E-state index is -0.509. The zero-order chi connectivity index (χ0) is 18.4. The van der Waals surface area contributed by atoms with Gasteiger partial charge in [0.25, 0.3) is 5.69 Å². The number of carbonyl (C=O) groups is 2. The molecule has 130 valence electrons. The second kappa shape index (κ2) is 8.05. The van der Waals surface area contributed by atoms with E-state index >= 15 is 0 Å². The van der Waals surface area contributed by atoms with Crippen LogP contribution < -0.4 is 10.6 Å². The zero-order valence-corrected chi connectivity index (χ0v) is 14.0. The van der Waals surface area contributed by atoms with Gasteiger partial charge in [0.1, 0.15) is 0 Å². The highest BCUT2D eigenvalue weighted by atomic mass is 16.6. The van der Waals surface area contributed by atoms with Crippen LogP contribution >= 0.6 is 0 Å². The molecular formula is C18H19N3O4. The number of nitro groups is 1. The van der Waals surface area contributed by atoms with Crippen LogP contribution in [-0.4, -0.2) is 16.7 Å². The maximum absolute atomic E-state index is 12.2. The molecule has 0 saturated carbocycles. The van der Waals surface area contributed by atoms with E-state index in [2.05, 4.69) is 10.6 Å². The summed E-state index contributed by atoms with van der Waals surface area (Å²) in [6.07, 6.45) is -0.111. The van der Waals surface area contributed by atoms with E-state index in [1.54, 1.807) is 56.3 Å². The Hall–Kier alpha value is -3.22. The second-order valence-corrected chi connectivity index (χ2v) is 5.84. The number of hydrogen-bond donors (Lipinski definition) is 2. The van der Waals surface area contributed by atoms with Crippen molar-refractivity contribution in [2.45, 2.75) is 20.3 Å². The lowest BCUT2D eigenvalue weighted by Crippen LogP contribution is -2.18. The number of para-hydroxylation sites is 1. The third kappa shape index (κ3) is 5.13. The number of carbonyl (C=O) groups excluding carboxylic acids is 2. The summed E-state index contributed by atoms with van der Waals surface area (Å²) in [5, 5.41) is 16.4. The van der Waals surface area contributed by atoms with Crippen molar-refractivity contribution in [2.24, 2.45) is 5.92 Å². The molecule has 0 aliphatic heterocycles. The van der Waals surface area contributed by atoms with E-state index in [9.17, 15) is 19.7 Å². The first-order valence-electron chi connectivity index (χ1n) is 7.80. The molecule has 2 rings (SSSR count). The summed E-state index contributed by atoms with van der Waals surface area (Å²) >= 11 is 0. The quantitative estimate of drug-likeness (QED) is 0.621. The molecule has 0 radical (unpaired) electrons. The predicted molar refractivity (Wildman–Crippen MR) is 95.3 cm³/mol. The lowest BCUT2D eigenvalue weighted by molar-refractivity contribution is -0.385.